The maximum atomic E-state index is 13.3. The Morgan fingerprint density at radius 2 is 1.57 bits per heavy atom. The van der Waals surface area contributed by atoms with Crippen LogP contribution in [0, 0.1) is 6.92 Å². The third kappa shape index (κ3) is 7.68. The second kappa shape index (κ2) is 14.1. The minimum atomic E-state index is -1.03. The van der Waals surface area contributed by atoms with Crippen LogP contribution in [-0.2, 0) is 17.6 Å². The van der Waals surface area contributed by atoms with Crippen LogP contribution in [0.25, 0.3) is 11.1 Å². The van der Waals surface area contributed by atoms with E-state index in [9.17, 15) is 14.7 Å². The fourth-order valence-corrected chi connectivity index (χ4v) is 5.08. The van der Waals surface area contributed by atoms with Gasteiger partial charge in [-0.2, -0.15) is 11.8 Å². The van der Waals surface area contributed by atoms with Gasteiger partial charge in [-0.3, -0.25) is 4.79 Å². The number of amides is 1. The molecule has 4 aromatic carbocycles. The Labute approximate surface area is 244 Å². The molecule has 2 N–H and O–H groups in total. The lowest BCUT2D eigenvalue weighted by atomic mass is 9.92. The van der Waals surface area contributed by atoms with Gasteiger partial charge in [0.1, 0.15) is 17.5 Å². The standard InChI is InChI=1S/C33H32ClNO4S/c1-22-7-3-4-8-26(22)28-21-24(15-18-27(28)32(36)35-30(33(37)38)19-20-40-2)12-11-23-13-16-25(17-14-23)39-31-10-6-5-9-29(31)34/h3-10,13-18,21,30H,11-12,19-20H2,1-2H3,(H,35,36)(H,37,38). The van der Waals surface area contributed by atoms with Crippen molar-refractivity contribution in [3.8, 4) is 22.6 Å². The Balaban J connectivity index is 1.52. The maximum Gasteiger partial charge on any atom is 0.326 e. The van der Waals surface area contributed by atoms with Crippen molar-refractivity contribution in [1.29, 1.82) is 0 Å². The number of para-hydroxylation sites is 1. The minimum Gasteiger partial charge on any atom is -0.480 e. The highest BCUT2D eigenvalue weighted by molar-refractivity contribution is 7.98. The van der Waals surface area contributed by atoms with Gasteiger partial charge >= 0.3 is 5.97 Å². The average Bonchev–Trinajstić information content (AvgIpc) is 2.96. The number of nitrogens with one attached hydrogen (secondary N) is 1. The quantitative estimate of drug-likeness (QED) is 0.181. The van der Waals surface area contributed by atoms with Crippen molar-refractivity contribution in [2.75, 3.05) is 12.0 Å². The first kappa shape index (κ1) is 29.2. The molecule has 7 heteroatoms. The van der Waals surface area contributed by atoms with Gasteiger partial charge in [0.15, 0.2) is 0 Å². The van der Waals surface area contributed by atoms with Gasteiger partial charge in [0.2, 0.25) is 0 Å². The summed E-state index contributed by atoms with van der Waals surface area (Å²) in [6, 6.07) is 28.1. The van der Waals surface area contributed by atoms with Crippen molar-refractivity contribution in [1.82, 2.24) is 5.32 Å². The number of carboxylic acid groups (broad SMARTS) is 1. The highest BCUT2D eigenvalue weighted by atomic mass is 35.5. The molecule has 4 rings (SSSR count). The van der Waals surface area contributed by atoms with Crippen LogP contribution in [-0.4, -0.2) is 35.0 Å². The molecule has 1 atom stereocenters. The predicted octanol–water partition coefficient (Wildman–Crippen LogP) is 7.83. The average molecular weight is 574 g/mol. The van der Waals surface area contributed by atoms with E-state index in [1.807, 2.05) is 92.0 Å². The summed E-state index contributed by atoms with van der Waals surface area (Å²) in [4.78, 5) is 25.0. The lowest BCUT2D eigenvalue weighted by molar-refractivity contribution is -0.139. The van der Waals surface area contributed by atoms with E-state index in [0.29, 0.717) is 34.3 Å². The monoisotopic (exact) mass is 573 g/mol. The number of ether oxygens (including phenoxy) is 1. The molecule has 4 aromatic rings. The third-order valence-corrected chi connectivity index (χ3v) is 7.62. The molecule has 1 unspecified atom stereocenters. The number of aliphatic carboxylic acids is 1. The molecular weight excluding hydrogens is 542 g/mol. The lowest BCUT2D eigenvalue weighted by Crippen LogP contribution is -2.41. The van der Waals surface area contributed by atoms with Gasteiger partial charge in [-0.05, 0) is 96.3 Å². The Kier molecular flexibility index (Phi) is 10.3. The summed E-state index contributed by atoms with van der Waals surface area (Å²) in [6.07, 6.45) is 3.86. The number of carbonyl (C=O) groups is 2. The molecule has 0 fully saturated rings. The zero-order valence-electron chi connectivity index (χ0n) is 22.5. The molecule has 206 valence electrons. The number of benzene rings is 4. The summed E-state index contributed by atoms with van der Waals surface area (Å²) in [5.74, 6) is 0.565. The van der Waals surface area contributed by atoms with Crippen molar-refractivity contribution >= 4 is 35.2 Å². The van der Waals surface area contributed by atoms with E-state index >= 15 is 0 Å². The van der Waals surface area contributed by atoms with Gasteiger partial charge in [-0.25, -0.2) is 4.79 Å². The Bertz CT molecular complexity index is 1470. The van der Waals surface area contributed by atoms with Crippen molar-refractivity contribution in [2.45, 2.75) is 32.2 Å². The second-order valence-corrected chi connectivity index (χ2v) is 10.9. The second-order valence-electron chi connectivity index (χ2n) is 9.52. The van der Waals surface area contributed by atoms with E-state index in [1.165, 1.54) is 0 Å². The zero-order chi connectivity index (χ0) is 28.5. The first-order valence-electron chi connectivity index (χ1n) is 13.1. The van der Waals surface area contributed by atoms with Crippen LogP contribution in [0.3, 0.4) is 0 Å². The molecule has 40 heavy (non-hydrogen) atoms. The molecule has 0 saturated heterocycles. The normalized spacial score (nSPS) is 11.6. The van der Waals surface area contributed by atoms with E-state index in [0.717, 1.165) is 40.7 Å². The summed E-state index contributed by atoms with van der Waals surface area (Å²) < 4.78 is 5.89. The highest BCUT2D eigenvalue weighted by Gasteiger charge is 2.22. The smallest absolute Gasteiger partial charge is 0.326 e. The van der Waals surface area contributed by atoms with Gasteiger partial charge < -0.3 is 15.2 Å². The fourth-order valence-electron chi connectivity index (χ4n) is 4.44. The first-order chi connectivity index (χ1) is 19.4. The minimum absolute atomic E-state index is 0.363. The predicted molar refractivity (Wildman–Crippen MR) is 164 cm³/mol. The maximum absolute atomic E-state index is 13.3. The number of hydrogen-bond acceptors (Lipinski definition) is 4. The molecule has 0 spiro atoms. The van der Waals surface area contributed by atoms with Crippen molar-refractivity contribution < 1.29 is 19.4 Å². The van der Waals surface area contributed by atoms with Crippen molar-refractivity contribution in [2.24, 2.45) is 0 Å². The lowest BCUT2D eigenvalue weighted by Gasteiger charge is -2.18. The topological polar surface area (TPSA) is 75.6 Å². The van der Waals surface area contributed by atoms with Crippen LogP contribution in [0.5, 0.6) is 11.5 Å². The van der Waals surface area contributed by atoms with Crippen LogP contribution < -0.4 is 10.1 Å². The molecule has 0 aromatic heterocycles. The highest BCUT2D eigenvalue weighted by Crippen LogP contribution is 2.30. The van der Waals surface area contributed by atoms with E-state index in [4.69, 9.17) is 16.3 Å². The van der Waals surface area contributed by atoms with Gasteiger partial charge in [-0.15, -0.1) is 0 Å². The molecule has 0 bridgehead atoms. The number of halogens is 1. The van der Waals surface area contributed by atoms with Crippen LogP contribution in [0.2, 0.25) is 5.02 Å². The van der Waals surface area contributed by atoms with Gasteiger partial charge in [-0.1, -0.05) is 72.3 Å². The van der Waals surface area contributed by atoms with E-state index in [2.05, 4.69) is 5.32 Å². The third-order valence-electron chi connectivity index (χ3n) is 6.67. The van der Waals surface area contributed by atoms with Crippen molar-refractivity contribution in [3.05, 3.63) is 118 Å². The van der Waals surface area contributed by atoms with Gasteiger partial charge in [0.25, 0.3) is 5.91 Å². The SMILES string of the molecule is CSCCC(NC(=O)c1ccc(CCc2ccc(Oc3ccccc3Cl)cc2)cc1-c1ccccc1C)C(=O)O. The van der Waals surface area contributed by atoms with Crippen LogP contribution in [0.15, 0.2) is 91.0 Å². The molecule has 0 radical (unpaired) electrons. The number of hydrogen-bond donors (Lipinski definition) is 2. The number of carboxylic acids is 1. The molecule has 5 nitrogen and oxygen atoms in total. The molecule has 0 aliphatic carbocycles. The number of thioether (sulfide) groups is 1. The largest absolute Gasteiger partial charge is 0.480 e. The van der Waals surface area contributed by atoms with E-state index in [1.54, 1.807) is 23.9 Å². The number of aryl methyl sites for hydroxylation is 3. The first-order valence-corrected chi connectivity index (χ1v) is 14.9. The van der Waals surface area contributed by atoms with E-state index in [-0.39, 0.29) is 5.91 Å². The number of rotatable bonds is 12. The van der Waals surface area contributed by atoms with Crippen LogP contribution >= 0.6 is 23.4 Å². The Hall–Kier alpha value is -3.74. The molecule has 1 amide bonds. The Morgan fingerprint density at radius 1 is 0.900 bits per heavy atom. The fraction of sp³-hybridized carbons (Fsp3) is 0.212. The van der Waals surface area contributed by atoms with Gasteiger partial charge in [0, 0.05) is 5.56 Å². The molecule has 0 aliphatic rings. The summed E-state index contributed by atoms with van der Waals surface area (Å²) in [6.45, 7) is 2.01. The summed E-state index contributed by atoms with van der Waals surface area (Å²) >= 11 is 7.75. The summed E-state index contributed by atoms with van der Waals surface area (Å²) in [7, 11) is 0. The molecule has 0 heterocycles. The van der Waals surface area contributed by atoms with Crippen molar-refractivity contribution in [3.63, 3.8) is 0 Å². The van der Waals surface area contributed by atoms with Crippen LogP contribution in [0.1, 0.15) is 33.5 Å². The van der Waals surface area contributed by atoms with Gasteiger partial charge in [0.05, 0.1) is 5.02 Å². The summed E-state index contributed by atoms with van der Waals surface area (Å²) in [5, 5.41) is 12.9. The summed E-state index contributed by atoms with van der Waals surface area (Å²) in [5.41, 5.74) is 5.50. The number of carbonyl (C=O) groups excluding carboxylic acids is 1. The zero-order valence-corrected chi connectivity index (χ0v) is 24.1. The van der Waals surface area contributed by atoms with Crippen LogP contribution in [0.4, 0.5) is 0 Å². The van der Waals surface area contributed by atoms with E-state index < -0.39 is 12.0 Å². The molecular formula is C33H32ClNO4S. The Morgan fingerprint density at radius 3 is 2.27 bits per heavy atom. The molecule has 0 saturated carbocycles. The molecule has 0 aliphatic heterocycles.